The quantitative estimate of drug-likeness (QED) is 0.551. The van der Waals surface area contributed by atoms with Crippen LogP contribution >= 0.6 is 12.2 Å². The molecule has 0 aliphatic rings. The minimum Gasteiger partial charge on any atom is -0.497 e. The predicted molar refractivity (Wildman–Crippen MR) is 89.0 cm³/mol. The van der Waals surface area contributed by atoms with Gasteiger partial charge >= 0.3 is 0 Å². The zero-order chi connectivity index (χ0) is 17.7. The number of hydrazine groups is 1. The van der Waals surface area contributed by atoms with Gasteiger partial charge in [0.05, 0.1) is 17.7 Å². The molecular formula is C14H13F2N3O3S2. The molecule has 0 radical (unpaired) electrons. The van der Waals surface area contributed by atoms with Gasteiger partial charge in [0, 0.05) is 6.07 Å². The number of thiocarbonyl (C=S) groups is 1. The van der Waals surface area contributed by atoms with Gasteiger partial charge in [0.15, 0.2) is 5.11 Å². The van der Waals surface area contributed by atoms with Crippen molar-refractivity contribution < 1.29 is 21.9 Å². The lowest BCUT2D eigenvalue weighted by Crippen LogP contribution is -2.43. The van der Waals surface area contributed by atoms with E-state index in [9.17, 15) is 17.2 Å². The number of rotatable bonds is 5. The Morgan fingerprint density at radius 3 is 2.38 bits per heavy atom. The van der Waals surface area contributed by atoms with Crippen LogP contribution in [0.25, 0.3) is 0 Å². The van der Waals surface area contributed by atoms with E-state index in [1.54, 1.807) is 0 Å². The number of halogens is 2. The van der Waals surface area contributed by atoms with Gasteiger partial charge in [-0.15, -0.1) is 4.83 Å². The molecule has 10 heteroatoms. The molecule has 0 fully saturated rings. The van der Waals surface area contributed by atoms with Crippen LogP contribution in [0.4, 0.5) is 14.5 Å². The molecule has 2 rings (SSSR count). The maximum Gasteiger partial charge on any atom is 0.257 e. The van der Waals surface area contributed by atoms with Crippen molar-refractivity contribution in [3.63, 3.8) is 0 Å². The van der Waals surface area contributed by atoms with Crippen LogP contribution in [-0.2, 0) is 10.0 Å². The smallest absolute Gasteiger partial charge is 0.257 e. The highest BCUT2D eigenvalue weighted by molar-refractivity contribution is 7.89. The second-order valence-electron chi connectivity index (χ2n) is 4.48. The summed E-state index contributed by atoms with van der Waals surface area (Å²) in [4.78, 5) is 2.02. The van der Waals surface area contributed by atoms with Crippen LogP contribution in [0.15, 0.2) is 47.4 Å². The summed E-state index contributed by atoms with van der Waals surface area (Å²) < 4.78 is 55.4. The molecule has 0 unspecified atom stereocenters. The van der Waals surface area contributed by atoms with E-state index in [-0.39, 0.29) is 15.7 Å². The number of hydrogen-bond donors (Lipinski definition) is 3. The number of ether oxygens (including phenoxy) is 1. The topological polar surface area (TPSA) is 79.5 Å². The number of hydrogen-bond acceptors (Lipinski definition) is 4. The molecule has 3 N–H and O–H groups in total. The van der Waals surface area contributed by atoms with Crippen molar-refractivity contribution in [3.05, 3.63) is 54.1 Å². The molecule has 0 spiro atoms. The number of anilines is 1. The van der Waals surface area contributed by atoms with Gasteiger partial charge in [0.1, 0.15) is 17.4 Å². The summed E-state index contributed by atoms with van der Waals surface area (Å²) in [6.45, 7) is 0. The van der Waals surface area contributed by atoms with Crippen molar-refractivity contribution in [2.24, 2.45) is 0 Å². The number of methoxy groups -OCH3 is 1. The molecule has 6 nitrogen and oxygen atoms in total. The molecule has 0 amide bonds. The van der Waals surface area contributed by atoms with Crippen molar-refractivity contribution >= 4 is 33.0 Å². The number of nitrogens with one attached hydrogen (secondary N) is 3. The van der Waals surface area contributed by atoms with E-state index in [1.807, 2.05) is 4.83 Å². The highest BCUT2D eigenvalue weighted by Crippen LogP contribution is 2.16. The highest BCUT2D eigenvalue weighted by atomic mass is 32.2. The normalized spacial score (nSPS) is 11.0. The van der Waals surface area contributed by atoms with E-state index >= 15 is 0 Å². The first-order valence-corrected chi connectivity index (χ1v) is 8.39. The molecule has 0 aromatic heterocycles. The van der Waals surface area contributed by atoms with Crippen molar-refractivity contribution in [1.29, 1.82) is 0 Å². The van der Waals surface area contributed by atoms with Crippen molar-refractivity contribution in [2.75, 3.05) is 12.4 Å². The Morgan fingerprint density at radius 2 is 1.79 bits per heavy atom. The van der Waals surface area contributed by atoms with Crippen LogP contribution < -0.4 is 20.3 Å². The summed E-state index contributed by atoms with van der Waals surface area (Å²) in [6.07, 6.45) is 0. The lowest BCUT2D eigenvalue weighted by Gasteiger charge is -2.12. The monoisotopic (exact) mass is 373 g/mol. The van der Waals surface area contributed by atoms with Gasteiger partial charge in [-0.2, -0.15) is 0 Å². The Labute approximate surface area is 142 Å². The first-order valence-electron chi connectivity index (χ1n) is 6.50. The fourth-order valence-electron chi connectivity index (χ4n) is 1.67. The van der Waals surface area contributed by atoms with Gasteiger partial charge in [0.2, 0.25) is 0 Å². The minimum atomic E-state index is -3.89. The molecular weight excluding hydrogens is 360 g/mol. The summed E-state index contributed by atoms with van der Waals surface area (Å²) in [7, 11) is -2.43. The first kappa shape index (κ1) is 18.0. The average Bonchev–Trinajstić information content (AvgIpc) is 2.56. The SMILES string of the molecule is COc1ccc(S(=O)(=O)NNC(=S)Nc2ccc(F)cc2F)cc1. The van der Waals surface area contributed by atoms with E-state index < -0.39 is 21.7 Å². The molecule has 0 atom stereocenters. The third kappa shape index (κ3) is 4.60. The fourth-order valence-corrected chi connectivity index (χ4v) is 2.75. The molecule has 24 heavy (non-hydrogen) atoms. The molecule has 2 aromatic rings. The average molecular weight is 373 g/mol. The van der Waals surface area contributed by atoms with Crippen molar-refractivity contribution in [1.82, 2.24) is 10.3 Å². The van der Waals surface area contributed by atoms with E-state index in [0.717, 1.165) is 12.1 Å². The van der Waals surface area contributed by atoms with Gasteiger partial charge < -0.3 is 10.1 Å². The zero-order valence-corrected chi connectivity index (χ0v) is 14.0. The molecule has 0 aliphatic carbocycles. The summed E-state index contributed by atoms with van der Waals surface area (Å²) >= 11 is 4.86. The van der Waals surface area contributed by atoms with Crippen LogP contribution in [0.5, 0.6) is 5.75 Å². The van der Waals surface area contributed by atoms with Gasteiger partial charge in [-0.3, -0.25) is 5.43 Å². The molecule has 0 saturated carbocycles. The van der Waals surface area contributed by atoms with Gasteiger partial charge in [-0.25, -0.2) is 17.2 Å². The Morgan fingerprint density at radius 1 is 1.12 bits per heavy atom. The predicted octanol–water partition coefficient (Wildman–Crippen LogP) is 2.15. The molecule has 0 bridgehead atoms. The molecule has 0 aliphatic heterocycles. The Bertz CT molecular complexity index is 843. The Hall–Kier alpha value is -2.30. The number of sulfonamides is 1. The molecule has 128 valence electrons. The minimum absolute atomic E-state index is 0.0217. The van der Waals surface area contributed by atoms with E-state index in [2.05, 4.69) is 10.7 Å². The maximum absolute atomic E-state index is 13.5. The van der Waals surface area contributed by atoms with E-state index in [1.165, 1.54) is 31.4 Å². The standard InChI is InChI=1S/C14H13F2N3O3S2/c1-22-10-3-5-11(6-4-10)24(20,21)19-18-14(23)17-13-7-2-9(15)8-12(13)16/h2-8,19H,1H3,(H2,17,18,23). The molecule has 2 aromatic carbocycles. The lowest BCUT2D eigenvalue weighted by atomic mass is 10.3. The van der Waals surface area contributed by atoms with Crippen LogP contribution in [-0.4, -0.2) is 20.6 Å². The first-order chi connectivity index (χ1) is 11.3. The molecule has 0 saturated heterocycles. The van der Waals surface area contributed by atoms with Crippen LogP contribution in [0.1, 0.15) is 0 Å². The van der Waals surface area contributed by atoms with Gasteiger partial charge in [-0.05, 0) is 48.6 Å². The van der Waals surface area contributed by atoms with E-state index in [0.29, 0.717) is 11.8 Å². The van der Waals surface area contributed by atoms with Gasteiger partial charge in [-0.1, -0.05) is 0 Å². The largest absolute Gasteiger partial charge is 0.497 e. The second kappa shape index (κ2) is 7.51. The Kier molecular flexibility index (Phi) is 5.65. The maximum atomic E-state index is 13.5. The van der Waals surface area contributed by atoms with Crippen LogP contribution in [0.3, 0.4) is 0 Å². The zero-order valence-electron chi connectivity index (χ0n) is 12.3. The van der Waals surface area contributed by atoms with Crippen LogP contribution in [0.2, 0.25) is 0 Å². The third-order valence-corrected chi connectivity index (χ3v) is 4.32. The molecule has 0 heterocycles. The van der Waals surface area contributed by atoms with Crippen molar-refractivity contribution in [2.45, 2.75) is 4.90 Å². The summed E-state index contributed by atoms with van der Waals surface area (Å²) in [6, 6.07) is 8.51. The summed E-state index contributed by atoms with van der Waals surface area (Å²) in [5.74, 6) is -1.10. The van der Waals surface area contributed by atoms with Gasteiger partial charge in [0.25, 0.3) is 10.0 Å². The van der Waals surface area contributed by atoms with Crippen molar-refractivity contribution in [3.8, 4) is 5.75 Å². The van der Waals surface area contributed by atoms with E-state index in [4.69, 9.17) is 17.0 Å². The highest BCUT2D eigenvalue weighted by Gasteiger charge is 2.14. The Balaban J connectivity index is 1.99. The fraction of sp³-hybridized carbons (Fsp3) is 0.0714. The van der Waals surface area contributed by atoms with Crippen LogP contribution in [0, 0.1) is 11.6 Å². The summed E-state index contributed by atoms with van der Waals surface area (Å²) in [5, 5.41) is 2.20. The lowest BCUT2D eigenvalue weighted by molar-refractivity contribution is 0.414. The number of benzene rings is 2. The summed E-state index contributed by atoms with van der Waals surface area (Å²) in [5.41, 5.74) is 2.13. The third-order valence-electron chi connectivity index (χ3n) is 2.85. The second-order valence-corrected chi connectivity index (χ2v) is 6.57.